The fourth-order valence-corrected chi connectivity index (χ4v) is 7.72. The molecule has 0 bridgehead atoms. The number of oxazole rings is 1. The number of halogens is 1. The monoisotopic (exact) mass is 728 g/mol. The van der Waals surface area contributed by atoms with Gasteiger partial charge >= 0.3 is 5.97 Å². The van der Waals surface area contributed by atoms with Crippen molar-refractivity contribution in [3.05, 3.63) is 94.4 Å². The maximum absolute atomic E-state index is 11.4. The first-order valence-electron chi connectivity index (χ1n) is 17.7. The minimum absolute atomic E-state index is 0.266. The van der Waals surface area contributed by atoms with E-state index in [0.717, 1.165) is 58.4 Å². The molecule has 3 N–H and O–H groups in total. The van der Waals surface area contributed by atoms with Crippen LogP contribution in [0, 0.1) is 24.2 Å². The van der Waals surface area contributed by atoms with Gasteiger partial charge in [-0.1, -0.05) is 23.7 Å². The Labute approximate surface area is 310 Å². The van der Waals surface area contributed by atoms with E-state index in [1.54, 1.807) is 18.5 Å². The molecular weight excluding hydrogens is 692 g/mol. The third-order valence-corrected chi connectivity index (χ3v) is 10.7. The molecule has 8 rings (SSSR count). The number of carbonyl (C=O) groups is 1. The topological polar surface area (TPSA) is 165 Å². The quantitative estimate of drug-likeness (QED) is 0.141. The van der Waals surface area contributed by atoms with Gasteiger partial charge in [0, 0.05) is 61.4 Å². The Balaban J connectivity index is 1.05. The highest BCUT2D eigenvalue weighted by molar-refractivity contribution is 6.35. The van der Waals surface area contributed by atoms with E-state index >= 15 is 0 Å². The summed E-state index contributed by atoms with van der Waals surface area (Å²) in [6, 6.07) is 17.7. The van der Waals surface area contributed by atoms with Crippen LogP contribution in [0.2, 0.25) is 5.02 Å². The molecule has 2 aromatic carbocycles. The van der Waals surface area contributed by atoms with Crippen molar-refractivity contribution in [3.8, 4) is 28.8 Å². The van der Waals surface area contributed by atoms with Crippen LogP contribution in [0.3, 0.4) is 0 Å². The minimum atomic E-state index is -0.744. The number of hydrogen-bond donors (Lipinski definition) is 3. The summed E-state index contributed by atoms with van der Waals surface area (Å²) in [5.41, 5.74) is 7.68. The van der Waals surface area contributed by atoms with E-state index in [0.29, 0.717) is 77.8 Å². The van der Waals surface area contributed by atoms with E-state index in [1.165, 1.54) is 0 Å². The molecule has 12 nitrogen and oxygen atoms in total. The molecule has 0 spiro atoms. The third-order valence-electron chi connectivity index (χ3n) is 10.3. The molecule has 2 aliphatic heterocycles. The zero-order valence-electron chi connectivity index (χ0n) is 29.1. The highest BCUT2D eigenvalue weighted by atomic mass is 35.5. The lowest BCUT2D eigenvalue weighted by molar-refractivity contribution is -0.143. The van der Waals surface area contributed by atoms with Gasteiger partial charge in [0.2, 0.25) is 5.89 Å². The molecule has 0 aliphatic carbocycles. The average Bonchev–Trinajstić information content (AvgIpc) is 3.78. The molecule has 0 radical (unpaired) electrons. The number of benzene rings is 2. The number of piperidine rings is 1. The van der Waals surface area contributed by atoms with Crippen molar-refractivity contribution >= 4 is 51.1 Å². The van der Waals surface area contributed by atoms with E-state index in [2.05, 4.69) is 37.2 Å². The van der Waals surface area contributed by atoms with Gasteiger partial charge < -0.3 is 19.9 Å². The number of rotatable bonds is 9. The van der Waals surface area contributed by atoms with Crippen molar-refractivity contribution in [1.82, 2.24) is 29.7 Å². The Morgan fingerprint density at radius 2 is 1.79 bits per heavy atom. The number of nitrogens with one attached hydrogen (secondary N) is 1. The average molecular weight is 729 g/mol. The molecule has 268 valence electrons. The Kier molecular flexibility index (Phi) is 9.49. The second-order valence-electron chi connectivity index (χ2n) is 13.9. The SMILES string of the molecule is Cc1c(Nc2nccc3cc(CN4CCC(O)C4)cnc23)cccc1-c1nccc(-c2nc3cc(CN4CCC(C(=O)O)CC4)cc(C#N)c3o2)c1Cl. The number of hydrogen-bond acceptors (Lipinski definition) is 11. The molecule has 0 saturated carbocycles. The van der Waals surface area contributed by atoms with E-state index in [9.17, 15) is 20.3 Å². The zero-order chi connectivity index (χ0) is 36.6. The van der Waals surface area contributed by atoms with Gasteiger partial charge in [-0.15, -0.1) is 0 Å². The summed E-state index contributed by atoms with van der Waals surface area (Å²) in [6.07, 6.45) is 7.03. The van der Waals surface area contributed by atoms with E-state index in [1.807, 2.05) is 49.5 Å². The predicted molar refractivity (Wildman–Crippen MR) is 201 cm³/mol. The Morgan fingerprint density at radius 1 is 1.00 bits per heavy atom. The van der Waals surface area contributed by atoms with E-state index in [-0.39, 0.29) is 17.9 Å². The summed E-state index contributed by atoms with van der Waals surface area (Å²) in [6.45, 7) is 6.21. The summed E-state index contributed by atoms with van der Waals surface area (Å²) < 4.78 is 6.19. The maximum Gasteiger partial charge on any atom is 0.306 e. The lowest BCUT2D eigenvalue weighted by atomic mass is 9.96. The zero-order valence-corrected chi connectivity index (χ0v) is 29.8. The Morgan fingerprint density at radius 3 is 2.57 bits per heavy atom. The summed E-state index contributed by atoms with van der Waals surface area (Å²) in [7, 11) is 0. The van der Waals surface area contributed by atoms with Crippen LogP contribution in [0.25, 0.3) is 44.7 Å². The highest BCUT2D eigenvalue weighted by Crippen LogP contribution is 2.39. The van der Waals surface area contributed by atoms with Gasteiger partial charge in [-0.3, -0.25) is 24.6 Å². The first kappa shape index (κ1) is 34.6. The lowest BCUT2D eigenvalue weighted by Gasteiger charge is -2.30. The van der Waals surface area contributed by atoms with Crippen molar-refractivity contribution in [2.45, 2.75) is 45.4 Å². The first-order valence-corrected chi connectivity index (χ1v) is 18.1. The molecule has 4 aromatic heterocycles. The van der Waals surface area contributed by atoms with Gasteiger partial charge in [-0.05, 0) is 92.4 Å². The van der Waals surface area contributed by atoms with E-state index < -0.39 is 5.97 Å². The molecule has 1 unspecified atom stereocenters. The standard InChI is InChI=1S/C40H37ClN8O4/c1-23-30(3-2-4-32(23)46-38-35-27(5-10-44-38)16-25(19-45-35)21-49-14-9-29(50)22-49)36-34(41)31(6-11-43-36)39-47-33-17-24(15-28(18-42)37(33)53-39)20-48-12-7-26(8-13-48)40(51)52/h2-6,10-11,15-17,19,26,29,50H,7-9,12-14,20-22H2,1H3,(H,44,46)(H,51,52). The first-order chi connectivity index (χ1) is 25.7. The van der Waals surface area contributed by atoms with Gasteiger partial charge in [-0.25, -0.2) is 9.97 Å². The summed E-state index contributed by atoms with van der Waals surface area (Å²) in [4.78, 5) is 34.6. The van der Waals surface area contributed by atoms with Crippen LogP contribution < -0.4 is 5.32 Å². The van der Waals surface area contributed by atoms with Gasteiger partial charge in [0.1, 0.15) is 17.1 Å². The molecule has 1 atom stereocenters. The fourth-order valence-electron chi connectivity index (χ4n) is 7.43. The normalized spacial score (nSPS) is 17.1. The Bertz CT molecular complexity index is 2400. The molecule has 13 heteroatoms. The third kappa shape index (κ3) is 7.04. The largest absolute Gasteiger partial charge is 0.481 e. The number of fused-ring (bicyclic) bond motifs is 2. The molecule has 53 heavy (non-hydrogen) atoms. The number of nitrogens with zero attached hydrogens (tertiary/aromatic N) is 7. The minimum Gasteiger partial charge on any atom is -0.481 e. The number of β-amino-alcohol motifs (C(OH)–C–C–N with tert-alkyl or cyclic N) is 1. The number of nitriles is 1. The van der Waals surface area contributed by atoms with Crippen molar-refractivity contribution in [3.63, 3.8) is 0 Å². The van der Waals surface area contributed by atoms with Gasteiger partial charge in [-0.2, -0.15) is 5.26 Å². The summed E-state index contributed by atoms with van der Waals surface area (Å²) >= 11 is 7.08. The number of aliphatic hydroxyl groups excluding tert-OH is 1. The molecule has 2 saturated heterocycles. The lowest BCUT2D eigenvalue weighted by Crippen LogP contribution is -2.35. The van der Waals surface area contributed by atoms with Gasteiger partial charge in [0.05, 0.1) is 33.9 Å². The molecule has 2 fully saturated rings. The number of carboxylic acid groups (broad SMARTS) is 1. The van der Waals surface area contributed by atoms with Crippen molar-refractivity contribution in [2.24, 2.45) is 5.92 Å². The smallest absolute Gasteiger partial charge is 0.306 e. The fraction of sp³-hybridized carbons (Fsp3) is 0.300. The summed E-state index contributed by atoms with van der Waals surface area (Å²) in [5.74, 6) is -0.147. The van der Waals surface area contributed by atoms with Crippen LogP contribution in [0.5, 0.6) is 0 Å². The van der Waals surface area contributed by atoms with Crippen molar-refractivity contribution in [1.29, 1.82) is 5.26 Å². The predicted octanol–water partition coefficient (Wildman–Crippen LogP) is 6.94. The molecule has 6 aromatic rings. The Hall–Kier alpha value is -5.45. The number of aliphatic hydroxyl groups is 1. The van der Waals surface area contributed by atoms with Crippen LogP contribution in [0.15, 0.2) is 71.5 Å². The van der Waals surface area contributed by atoms with Gasteiger partial charge in [0.15, 0.2) is 11.4 Å². The number of aromatic nitrogens is 4. The van der Waals surface area contributed by atoms with Crippen LogP contribution in [-0.4, -0.2) is 78.2 Å². The molecular formula is C40H37ClN8O4. The van der Waals surface area contributed by atoms with Crippen molar-refractivity contribution in [2.75, 3.05) is 31.5 Å². The number of carboxylic acids is 1. The van der Waals surface area contributed by atoms with E-state index in [4.69, 9.17) is 26.0 Å². The van der Waals surface area contributed by atoms with Crippen LogP contribution in [0.4, 0.5) is 11.5 Å². The molecule has 6 heterocycles. The van der Waals surface area contributed by atoms with Crippen LogP contribution in [-0.2, 0) is 17.9 Å². The van der Waals surface area contributed by atoms with Gasteiger partial charge in [0.25, 0.3) is 0 Å². The van der Waals surface area contributed by atoms with Crippen molar-refractivity contribution < 1.29 is 19.4 Å². The molecule has 0 amide bonds. The second kappa shape index (κ2) is 14.5. The molecule has 2 aliphatic rings. The number of likely N-dealkylation sites (tertiary alicyclic amines) is 2. The number of anilines is 2. The maximum atomic E-state index is 11.4. The highest BCUT2D eigenvalue weighted by Gasteiger charge is 2.26. The number of aliphatic carboxylic acids is 1. The number of pyridine rings is 3. The van der Waals surface area contributed by atoms with Crippen LogP contribution >= 0.6 is 11.6 Å². The van der Waals surface area contributed by atoms with Crippen LogP contribution in [0.1, 0.15) is 41.5 Å². The second-order valence-corrected chi connectivity index (χ2v) is 14.3. The summed E-state index contributed by atoms with van der Waals surface area (Å²) in [5, 5.41) is 34.1.